The van der Waals surface area contributed by atoms with E-state index in [1.54, 1.807) is 10.4 Å². The number of aliphatic hydroxyl groups excluding tert-OH is 1. The molecule has 1 aromatic carbocycles. The second-order valence-corrected chi connectivity index (χ2v) is 8.55. The topological polar surface area (TPSA) is 66.8 Å². The van der Waals surface area contributed by atoms with Crippen molar-refractivity contribution < 1.29 is 18.3 Å². The van der Waals surface area contributed by atoms with Gasteiger partial charge in [-0.05, 0) is 38.3 Å². The molecule has 3 rings (SSSR count). The molecule has 128 valence electrons. The lowest BCUT2D eigenvalue weighted by atomic mass is 9.96. The predicted molar refractivity (Wildman–Crippen MR) is 87.8 cm³/mol. The summed E-state index contributed by atoms with van der Waals surface area (Å²) in [7, 11) is -3.58. The summed E-state index contributed by atoms with van der Waals surface area (Å²) in [5.74, 6) is -0.0316. The molecule has 1 heterocycles. The van der Waals surface area contributed by atoms with Crippen molar-refractivity contribution in [2.45, 2.75) is 50.2 Å². The maximum absolute atomic E-state index is 13.2. The van der Waals surface area contributed by atoms with Gasteiger partial charge in [0.2, 0.25) is 10.0 Å². The van der Waals surface area contributed by atoms with Gasteiger partial charge in [-0.25, -0.2) is 8.42 Å². The summed E-state index contributed by atoms with van der Waals surface area (Å²) >= 11 is 0. The molecule has 2 aliphatic rings. The smallest absolute Gasteiger partial charge is 0.243 e. The van der Waals surface area contributed by atoms with Crippen LogP contribution in [-0.4, -0.2) is 49.7 Å². The Morgan fingerprint density at radius 3 is 2.70 bits per heavy atom. The molecule has 1 saturated carbocycles. The van der Waals surface area contributed by atoms with E-state index in [1.807, 2.05) is 26.0 Å². The summed E-state index contributed by atoms with van der Waals surface area (Å²) in [6.07, 6.45) is 2.12. The first-order valence-corrected chi connectivity index (χ1v) is 9.70. The van der Waals surface area contributed by atoms with Crippen molar-refractivity contribution >= 4 is 10.0 Å². The van der Waals surface area contributed by atoms with Gasteiger partial charge in [0.1, 0.15) is 0 Å². The van der Waals surface area contributed by atoms with Gasteiger partial charge in [0.05, 0.1) is 30.3 Å². The fourth-order valence-electron chi connectivity index (χ4n) is 3.88. The molecule has 1 aliphatic heterocycles. The Morgan fingerprint density at radius 1 is 1.26 bits per heavy atom. The summed E-state index contributed by atoms with van der Waals surface area (Å²) in [5.41, 5.74) is 1.81. The van der Waals surface area contributed by atoms with Crippen molar-refractivity contribution in [2.24, 2.45) is 5.92 Å². The van der Waals surface area contributed by atoms with E-state index in [2.05, 4.69) is 0 Å². The van der Waals surface area contributed by atoms with Gasteiger partial charge in [0, 0.05) is 12.5 Å². The minimum Gasteiger partial charge on any atom is -0.393 e. The molecule has 1 aromatic rings. The summed E-state index contributed by atoms with van der Waals surface area (Å²) in [6, 6.07) is 5.15. The zero-order valence-corrected chi connectivity index (χ0v) is 14.6. The van der Waals surface area contributed by atoms with Crippen molar-refractivity contribution in [3.05, 3.63) is 29.3 Å². The molecular formula is C17H25NO4S. The van der Waals surface area contributed by atoms with Gasteiger partial charge < -0.3 is 9.84 Å². The number of aryl methyl sites for hydroxylation is 2. The molecule has 0 amide bonds. The third-order valence-electron chi connectivity index (χ3n) is 5.06. The van der Waals surface area contributed by atoms with Crippen molar-refractivity contribution in [1.82, 2.24) is 4.31 Å². The molecule has 23 heavy (non-hydrogen) atoms. The monoisotopic (exact) mass is 339 g/mol. The Hall–Kier alpha value is -0.950. The molecule has 2 fully saturated rings. The number of morpholine rings is 1. The number of hydrogen-bond donors (Lipinski definition) is 1. The molecule has 1 aliphatic carbocycles. The van der Waals surface area contributed by atoms with E-state index in [-0.39, 0.29) is 12.0 Å². The normalized spacial score (nSPS) is 29.8. The van der Waals surface area contributed by atoms with Gasteiger partial charge in [-0.3, -0.25) is 0 Å². The van der Waals surface area contributed by atoms with Gasteiger partial charge in [0.15, 0.2) is 0 Å². The van der Waals surface area contributed by atoms with Gasteiger partial charge in [-0.15, -0.1) is 0 Å². The highest BCUT2D eigenvalue weighted by molar-refractivity contribution is 7.89. The number of ether oxygens (including phenoxy) is 1. The molecule has 6 heteroatoms. The van der Waals surface area contributed by atoms with E-state index in [0.717, 1.165) is 30.4 Å². The second kappa shape index (κ2) is 6.51. The first kappa shape index (κ1) is 16.9. The highest BCUT2D eigenvalue weighted by atomic mass is 32.2. The van der Waals surface area contributed by atoms with Crippen LogP contribution in [0.4, 0.5) is 0 Å². The number of nitrogens with zero attached hydrogens (tertiary/aromatic N) is 1. The lowest BCUT2D eigenvalue weighted by Gasteiger charge is -2.39. The average Bonchev–Trinajstić information content (AvgIpc) is 2.93. The van der Waals surface area contributed by atoms with E-state index < -0.39 is 16.1 Å². The SMILES string of the molecule is Cc1ccc(S(=O)(=O)N2CCOCC2C2CCCC2O)c(C)c1. The summed E-state index contributed by atoms with van der Waals surface area (Å²) < 4.78 is 33.5. The predicted octanol–water partition coefficient (Wildman–Crippen LogP) is 1.85. The first-order valence-electron chi connectivity index (χ1n) is 8.26. The molecule has 0 radical (unpaired) electrons. The zero-order chi connectivity index (χ0) is 16.6. The van der Waals surface area contributed by atoms with E-state index in [9.17, 15) is 13.5 Å². The fraction of sp³-hybridized carbons (Fsp3) is 0.647. The van der Waals surface area contributed by atoms with Gasteiger partial charge >= 0.3 is 0 Å². The lowest BCUT2D eigenvalue weighted by molar-refractivity contribution is -0.0148. The van der Waals surface area contributed by atoms with Crippen LogP contribution >= 0.6 is 0 Å². The van der Waals surface area contributed by atoms with Crippen LogP contribution in [0.2, 0.25) is 0 Å². The Morgan fingerprint density at radius 2 is 2.04 bits per heavy atom. The quantitative estimate of drug-likeness (QED) is 0.913. The number of sulfonamides is 1. The van der Waals surface area contributed by atoms with Gasteiger partial charge in [-0.1, -0.05) is 24.1 Å². The maximum atomic E-state index is 13.2. The Balaban J connectivity index is 1.95. The lowest BCUT2D eigenvalue weighted by Crippen LogP contribution is -2.53. The maximum Gasteiger partial charge on any atom is 0.243 e. The third kappa shape index (κ3) is 3.18. The van der Waals surface area contributed by atoms with Crippen LogP contribution < -0.4 is 0 Å². The number of aliphatic hydroxyl groups is 1. The highest BCUT2D eigenvalue weighted by Gasteiger charge is 2.42. The van der Waals surface area contributed by atoms with E-state index in [0.29, 0.717) is 24.7 Å². The number of hydrogen-bond acceptors (Lipinski definition) is 4. The first-order chi connectivity index (χ1) is 10.9. The molecule has 5 nitrogen and oxygen atoms in total. The molecule has 0 spiro atoms. The van der Waals surface area contributed by atoms with Crippen LogP contribution in [0.15, 0.2) is 23.1 Å². The van der Waals surface area contributed by atoms with E-state index in [1.165, 1.54) is 0 Å². The van der Waals surface area contributed by atoms with Crippen LogP contribution in [0, 0.1) is 19.8 Å². The minimum atomic E-state index is -3.58. The van der Waals surface area contributed by atoms with Gasteiger partial charge in [-0.2, -0.15) is 4.31 Å². The van der Waals surface area contributed by atoms with Crippen LogP contribution in [0.25, 0.3) is 0 Å². The molecule has 1 saturated heterocycles. The zero-order valence-electron chi connectivity index (χ0n) is 13.7. The highest BCUT2D eigenvalue weighted by Crippen LogP contribution is 2.35. The Bertz CT molecular complexity index is 673. The van der Waals surface area contributed by atoms with Crippen molar-refractivity contribution in [3.63, 3.8) is 0 Å². The van der Waals surface area contributed by atoms with E-state index in [4.69, 9.17) is 4.74 Å². The Kier molecular flexibility index (Phi) is 4.78. The van der Waals surface area contributed by atoms with Crippen LogP contribution in [-0.2, 0) is 14.8 Å². The fourth-order valence-corrected chi connectivity index (χ4v) is 5.72. The molecular weight excluding hydrogens is 314 g/mol. The number of benzene rings is 1. The summed E-state index contributed by atoms with van der Waals surface area (Å²) in [6.45, 7) is 4.91. The minimum absolute atomic E-state index is 0.0316. The summed E-state index contributed by atoms with van der Waals surface area (Å²) in [4.78, 5) is 0.363. The molecule has 1 N–H and O–H groups in total. The van der Waals surface area contributed by atoms with E-state index >= 15 is 0 Å². The Labute approximate surface area is 138 Å². The molecule has 3 unspecified atom stereocenters. The molecule has 3 atom stereocenters. The van der Waals surface area contributed by atoms with Crippen molar-refractivity contribution in [2.75, 3.05) is 19.8 Å². The third-order valence-corrected chi connectivity index (χ3v) is 7.14. The number of rotatable bonds is 3. The van der Waals surface area contributed by atoms with Crippen LogP contribution in [0.1, 0.15) is 30.4 Å². The second-order valence-electron chi connectivity index (χ2n) is 6.69. The van der Waals surface area contributed by atoms with Crippen LogP contribution in [0.3, 0.4) is 0 Å². The van der Waals surface area contributed by atoms with Crippen molar-refractivity contribution in [3.8, 4) is 0 Å². The molecule has 0 bridgehead atoms. The van der Waals surface area contributed by atoms with Crippen LogP contribution in [0.5, 0.6) is 0 Å². The largest absolute Gasteiger partial charge is 0.393 e. The van der Waals surface area contributed by atoms with Gasteiger partial charge in [0.25, 0.3) is 0 Å². The molecule has 0 aromatic heterocycles. The summed E-state index contributed by atoms with van der Waals surface area (Å²) in [5, 5.41) is 10.2. The average molecular weight is 339 g/mol. The van der Waals surface area contributed by atoms with Crippen molar-refractivity contribution in [1.29, 1.82) is 0 Å². The standard InChI is InChI=1S/C17H25NO4S/c1-12-6-7-17(13(2)10-12)23(20,21)18-8-9-22-11-15(18)14-4-3-5-16(14)19/h6-7,10,14-16,19H,3-5,8-9,11H2,1-2H3.